The Balaban J connectivity index is 1.85. The standard InChI is InChI=1S/C17H24N6O/c1-3-8-23-12(2)14(10-20-23)15-6-7-19-17(21-15)22-9-4-5-13(11-22)16(18)24/h6-7,10,13H,3-5,8-9,11H2,1-2H3,(H2,18,24). The Morgan fingerprint density at radius 2 is 2.29 bits per heavy atom. The molecule has 1 aliphatic heterocycles. The first-order chi connectivity index (χ1) is 11.6. The van der Waals surface area contributed by atoms with Crippen molar-refractivity contribution in [3.63, 3.8) is 0 Å². The number of nitrogens with two attached hydrogens (primary N) is 1. The average molecular weight is 328 g/mol. The average Bonchev–Trinajstić information content (AvgIpc) is 2.96. The van der Waals surface area contributed by atoms with Crippen LogP contribution in [-0.4, -0.2) is 38.7 Å². The van der Waals surface area contributed by atoms with E-state index >= 15 is 0 Å². The third kappa shape index (κ3) is 3.25. The summed E-state index contributed by atoms with van der Waals surface area (Å²) in [6.45, 7) is 6.53. The van der Waals surface area contributed by atoms with Crippen molar-refractivity contribution in [1.29, 1.82) is 0 Å². The van der Waals surface area contributed by atoms with Gasteiger partial charge in [0.1, 0.15) is 0 Å². The number of hydrogen-bond acceptors (Lipinski definition) is 5. The normalized spacial score (nSPS) is 17.9. The molecule has 1 aliphatic rings. The van der Waals surface area contributed by atoms with Crippen molar-refractivity contribution >= 4 is 11.9 Å². The van der Waals surface area contributed by atoms with E-state index in [4.69, 9.17) is 10.7 Å². The van der Waals surface area contributed by atoms with Gasteiger partial charge in [-0.3, -0.25) is 9.48 Å². The molecular formula is C17H24N6O. The van der Waals surface area contributed by atoms with Crippen LogP contribution in [0.5, 0.6) is 0 Å². The lowest BCUT2D eigenvalue weighted by atomic mass is 9.98. The summed E-state index contributed by atoms with van der Waals surface area (Å²) in [4.78, 5) is 22.6. The zero-order valence-corrected chi connectivity index (χ0v) is 14.3. The van der Waals surface area contributed by atoms with Gasteiger partial charge in [-0.05, 0) is 32.3 Å². The molecule has 1 atom stereocenters. The van der Waals surface area contributed by atoms with Crippen LogP contribution in [0.4, 0.5) is 5.95 Å². The lowest BCUT2D eigenvalue weighted by molar-refractivity contribution is -0.122. The highest BCUT2D eigenvalue weighted by Crippen LogP contribution is 2.25. The van der Waals surface area contributed by atoms with Gasteiger partial charge in [-0.15, -0.1) is 0 Å². The summed E-state index contributed by atoms with van der Waals surface area (Å²) < 4.78 is 2.00. The number of aryl methyl sites for hydroxylation is 1. The van der Waals surface area contributed by atoms with E-state index in [1.54, 1.807) is 6.20 Å². The molecule has 128 valence electrons. The van der Waals surface area contributed by atoms with Gasteiger partial charge in [0, 0.05) is 37.1 Å². The van der Waals surface area contributed by atoms with E-state index in [0.29, 0.717) is 12.5 Å². The summed E-state index contributed by atoms with van der Waals surface area (Å²) in [5.41, 5.74) is 8.45. The molecule has 2 N–H and O–H groups in total. The summed E-state index contributed by atoms with van der Waals surface area (Å²) >= 11 is 0. The molecule has 1 fully saturated rings. The topological polar surface area (TPSA) is 89.9 Å². The van der Waals surface area contributed by atoms with Crippen LogP contribution >= 0.6 is 0 Å². The van der Waals surface area contributed by atoms with Crippen LogP contribution in [0.3, 0.4) is 0 Å². The Morgan fingerprint density at radius 1 is 1.46 bits per heavy atom. The molecular weight excluding hydrogens is 304 g/mol. The summed E-state index contributed by atoms with van der Waals surface area (Å²) in [7, 11) is 0. The first-order valence-electron chi connectivity index (χ1n) is 8.50. The van der Waals surface area contributed by atoms with Gasteiger partial charge >= 0.3 is 0 Å². The van der Waals surface area contributed by atoms with Crippen LogP contribution in [-0.2, 0) is 11.3 Å². The Kier molecular flexibility index (Phi) is 4.78. The van der Waals surface area contributed by atoms with Gasteiger partial charge < -0.3 is 10.6 Å². The molecule has 7 nitrogen and oxygen atoms in total. The molecule has 0 aliphatic carbocycles. The van der Waals surface area contributed by atoms with Crippen LogP contribution in [0.25, 0.3) is 11.3 Å². The second kappa shape index (κ2) is 6.98. The first kappa shape index (κ1) is 16.4. The van der Waals surface area contributed by atoms with E-state index in [9.17, 15) is 4.79 Å². The van der Waals surface area contributed by atoms with Crippen molar-refractivity contribution in [1.82, 2.24) is 19.7 Å². The maximum atomic E-state index is 11.5. The Labute approximate surface area is 141 Å². The fraction of sp³-hybridized carbons (Fsp3) is 0.529. The zero-order valence-electron chi connectivity index (χ0n) is 14.3. The number of nitrogens with zero attached hydrogens (tertiary/aromatic N) is 5. The Morgan fingerprint density at radius 3 is 3.04 bits per heavy atom. The molecule has 1 saturated heterocycles. The molecule has 1 amide bonds. The summed E-state index contributed by atoms with van der Waals surface area (Å²) in [6, 6.07) is 1.90. The molecule has 0 bridgehead atoms. The molecule has 0 aromatic carbocycles. The highest BCUT2D eigenvalue weighted by Gasteiger charge is 2.25. The van der Waals surface area contributed by atoms with Gasteiger partial charge in [0.15, 0.2) is 0 Å². The number of carbonyl (C=O) groups is 1. The molecule has 2 aromatic rings. The van der Waals surface area contributed by atoms with Crippen molar-refractivity contribution in [2.75, 3.05) is 18.0 Å². The molecule has 2 aromatic heterocycles. The van der Waals surface area contributed by atoms with Gasteiger partial charge in [-0.1, -0.05) is 6.92 Å². The minimum atomic E-state index is -0.243. The smallest absolute Gasteiger partial charge is 0.225 e. The van der Waals surface area contributed by atoms with Gasteiger partial charge in [0.2, 0.25) is 11.9 Å². The molecule has 7 heteroatoms. The maximum absolute atomic E-state index is 11.5. The lowest BCUT2D eigenvalue weighted by Gasteiger charge is -2.31. The molecule has 24 heavy (non-hydrogen) atoms. The summed E-state index contributed by atoms with van der Waals surface area (Å²) in [5, 5.41) is 4.44. The third-order valence-corrected chi connectivity index (χ3v) is 4.56. The van der Waals surface area contributed by atoms with Crippen molar-refractivity contribution in [3.8, 4) is 11.3 Å². The van der Waals surface area contributed by atoms with E-state index in [-0.39, 0.29) is 11.8 Å². The van der Waals surface area contributed by atoms with Gasteiger partial charge in [-0.25, -0.2) is 9.97 Å². The monoisotopic (exact) mass is 328 g/mol. The number of carbonyl (C=O) groups excluding carboxylic acids is 1. The minimum absolute atomic E-state index is 0.125. The van der Waals surface area contributed by atoms with Gasteiger partial charge in [-0.2, -0.15) is 5.10 Å². The van der Waals surface area contributed by atoms with Crippen molar-refractivity contribution in [2.24, 2.45) is 11.7 Å². The quantitative estimate of drug-likeness (QED) is 0.903. The van der Waals surface area contributed by atoms with E-state index in [1.807, 2.05) is 21.8 Å². The molecule has 0 saturated carbocycles. The molecule has 0 spiro atoms. The molecule has 3 heterocycles. The van der Waals surface area contributed by atoms with Gasteiger partial charge in [0.25, 0.3) is 0 Å². The molecule has 3 rings (SSSR count). The second-order valence-electron chi connectivity index (χ2n) is 6.30. The van der Waals surface area contributed by atoms with Gasteiger partial charge in [0.05, 0.1) is 17.8 Å². The fourth-order valence-corrected chi connectivity index (χ4v) is 3.18. The highest BCUT2D eigenvalue weighted by molar-refractivity contribution is 5.77. The fourth-order valence-electron chi connectivity index (χ4n) is 3.18. The minimum Gasteiger partial charge on any atom is -0.369 e. The number of hydrogen-bond donors (Lipinski definition) is 1. The van der Waals surface area contributed by atoms with Crippen LogP contribution in [0, 0.1) is 12.8 Å². The molecule has 0 radical (unpaired) electrons. The number of aromatic nitrogens is 4. The van der Waals surface area contributed by atoms with Crippen LogP contribution < -0.4 is 10.6 Å². The lowest BCUT2D eigenvalue weighted by Crippen LogP contribution is -2.41. The van der Waals surface area contributed by atoms with Crippen molar-refractivity contribution in [2.45, 2.75) is 39.7 Å². The van der Waals surface area contributed by atoms with E-state index < -0.39 is 0 Å². The van der Waals surface area contributed by atoms with E-state index in [1.165, 1.54) is 0 Å². The largest absolute Gasteiger partial charge is 0.369 e. The van der Waals surface area contributed by atoms with Crippen LogP contribution in [0.15, 0.2) is 18.5 Å². The molecule has 1 unspecified atom stereocenters. The van der Waals surface area contributed by atoms with E-state index in [2.05, 4.69) is 23.9 Å². The van der Waals surface area contributed by atoms with Crippen molar-refractivity contribution in [3.05, 3.63) is 24.2 Å². The first-order valence-corrected chi connectivity index (χ1v) is 8.50. The maximum Gasteiger partial charge on any atom is 0.225 e. The van der Waals surface area contributed by atoms with Crippen molar-refractivity contribution < 1.29 is 4.79 Å². The predicted octanol–water partition coefficient (Wildman–Crippen LogP) is 1.76. The third-order valence-electron chi connectivity index (χ3n) is 4.56. The number of amides is 1. The van der Waals surface area contributed by atoms with E-state index in [0.717, 1.165) is 49.3 Å². The number of anilines is 1. The zero-order chi connectivity index (χ0) is 17.1. The predicted molar refractivity (Wildman–Crippen MR) is 92.4 cm³/mol. The number of piperidine rings is 1. The number of rotatable bonds is 5. The summed E-state index contributed by atoms with van der Waals surface area (Å²) in [6.07, 6.45) is 6.43. The van der Waals surface area contributed by atoms with Crippen LogP contribution in [0.2, 0.25) is 0 Å². The highest BCUT2D eigenvalue weighted by atomic mass is 16.1. The number of primary amides is 1. The Hall–Kier alpha value is -2.44. The Bertz CT molecular complexity index is 726. The van der Waals surface area contributed by atoms with Crippen LogP contribution in [0.1, 0.15) is 31.9 Å². The second-order valence-corrected chi connectivity index (χ2v) is 6.30. The summed E-state index contributed by atoms with van der Waals surface area (Å²) in [5.74, 6) is 0.286. The SMILES string of the molecule is CCCn1ncc(-c2ccnc(N3CCCC(C(N)=O)C3)n2)c1C.